The number of aryl methyl sites for hydroxylation is 1. The highest BCUT2D eigenvalue weighted by Gasteiger charge is 2.21. The normalized spacial score (nSPS) is 11.4. The number of nitrogens with zero attached hydrogens (tertiary/aromatic N) is 2. The largest absolute Gasteiger partial charge is 0.392 e. The van der Waals surface area contributed by atoms with E-state index in [0.29, 0.717) is 0 Å². The molecule has 0 aliphatic heterocycles. The Bertz CT molecular complexity index is 1940. The SMILES string of the molecule is Cc1ccc(N(c2ccc(CO)cc2)c2cccc3c2c2ccccc2n3-c2cccc3ccccc23)cc1. The van der Waals surface area contributed by atoms with Gasteiger partial charge in [0.25, 0.3) is 0 Å². The lowest BCUT2D eigenvalue weighted by Crippen LogP contribution is -2.10. The van der Waals surface area contributed by atoms with E-state index in [2.05, 4.69) is 138 Å². The van der Waals surface area contributed by atoms with E-state index in [1.54, 1.807) is 0 Å². The standard InChI is InChI=1S/C36H28N2O/c1-25-16-20-28(21-17-25)37(29-22-18-26(24-39)19-23-29)34-14-7-15-35-36(34)31-11-4-5-12-33(31)38(35)32-13-6-9-27-8-2-3-10-30(27)32/h2-23,39H,24H2,1H3. The van der Waals surface area contributed by atoms with Crippen LogP contribution >= 0.6 is 0 Å². The summed E-state index contributed by atoms with van der Waals surface area (Å²) in [5.74, 6) is 0. The Labute approximate surface area is 227 Å². The molecule has 0 fully saturated rings. The number of aliphatic hydroxyl groups is 1. The predicted molar refractivity (Wildman–Crippen MR) is 164 cm³/mol. The second-order valence-corrected chi connectivity index (χ2v) is 10.0. The summed E-state index contributed by atoms with van der Waals surface area (Å²) in [4.78, 5) is 2.32. The molecule has 1 heterocycles. The van der Waals surface area contributed by atoms with Crippen molar-refractivity contribution in [3.63, 3.8) is 0 Å². The molecule has 0 atom stereocenters. The maximum absolute atomic E-state index is 9.66. The van der Waals surface area contributed by atoms with Gasteiger partial charge in [0.1, 0.15) is 0 Å². The van der Waals surface area contributed by atoms with Crippen LogP contribution < -0.4 is 4.90 Å². The van der Waals surface area contributed by atoms with Gasteiger partial charge in [-0.25, -0.2) is 0 Å². The summed E-state index contributed by atoms with van der Waals surface area (Å²) in [6, 6.07) is 47.2. The average molecular weight is 505 g/mol. The number of para-hydroxylation sites is 1. The van der Waals surface area contributed by atoms with E-state index < -0.39 is 0 Å². The van der Waals surface area contributed by atoms with Crippen molar-refractivity contribution in [3.05, 3.63) is 145 Å². The molecule has 0 bridgehead atoms. The number of fused-ring (bicyclic) bond motifs is 4. The lowest BCUT2D eigenvalue weighted by molar-refractivity contribution is 0.282. The summed E-state index contributed by atoms with van der Waals surface area (Å²) in [5.41, 5.74) is 8.88. The van der Waals surface area contributed by atoms with E-state index in [-0.39, 0.29) is 6.61 Å². The van der Waals surface area contributed by atoms with Gasteiger partial charge >= 0.3 is 0 Å². The minimum Gasteiger partial charge on any atom is -0.392 e. The fourth-order valence-electron chi connectivity index (χ4n) is 5.72. The molecule has 7 aromatic rings. The van der Waals surface area contributed by atoms with Gasteiger partial charge in [0, 0.05) is 27.5 Å². The fourth-order valence-corrected chi connectivity index (χ4v) is 5.72. The van der Waals surface area contributed by atoms with Crippen LogP contribution in [0.25, 0.3) is 38.3 Å². The van der Waals surface area contributed by atoms with Crippen LogP contribution in [0.2, 0.25) is 0 Å². The Balaban J connectivity index is 1.56. The first-order valence-corrected chi connectivity index (χ1v) is 13.3. The highest BCUT2D eigenvalue weighted by atomic mass is 16.3. The third-order valence-electron chi connectivity index (χ3n) is 7.59. The minimum absolute atomic E-state index is 0.0267. The van der Waals surface area contributed by atoms with Crippen LogP contribution in [0.15, 0.2) is 133 Å². The molecule has 1 N–H and O–H groups in total. The number of aromatic nitrogens is 1. The van der Waals surface area contributed by atoms with Gasteiger partial charge < -0.3 is 14.6 Å². The van der Waals surface area contributed by atoms with Gasteiger partial charge in [0.2, 0.25) is 0 Å². The minimum atomic E-state index is 0.0267. The van der Waals surface area contributed by atoms with Crippen molar-refractivity contribution in [2.45, 2.75) is 13.5 Å². The molecule has 0 spiro atoms. The molecule has 0 amide bonds. The van der Waals surface area contributed by atoms with Crippen LogP contribution in [-0.2, 0) is 6.61 Å². The van der Waals surface area contributed by atoms with Crippen LogP contribution in [0.3, 0.4) is 0 Å². The predicted octanol–water partition coefficient (Wildman–Crippen LogP) is 9.21. The number of hydrogen-bond donors (Lipinski definition) is 1. The van der Waals surface area contributed by atoms with Crippen LogP contribution in [-0.4, -0.2) is 9.67 Å². The Hall–Kier alpha value is -4.86. The lowest BCUT2D eigenvalue weighted by Gasteiger charge is -2.27. The van der Waals surface area contributed by atoms with Gasteiger partial charge in [-0.2, -0.15) is 0 Å². The van der Waals surface area contributed by atoms with Crippen molar-refractivity contribution in [2.24, 2.45) is 0 Å². The van der Waals surface area contributed by atoms with Gasteiger partial charge in [-0.15, -0.1) is 0 Å². The van der Waals surface area contributed by atoms with Crippen molar-refractivity contribution in [2.75, 3.05) is 4.90 Å². The molecular weight excluding hydrogens is 476 g/mol. The average Bonchev–Trinajstić information content (AvgIpc) is 3.33. The number of benzene rings is 6. The molecule has 0 radical (unpaired) electrons. The Morgan fingerprint density at radius 1 is 0.590 bits per heavy atom. The first kappa shape index (κ1) is 23.3. The number of anilines is 3. The highest BCUT2D eigenvalue weighted by Crippen LogP contribution is 2.44. The Kier molecular flexibility index (Phi) is 5.65. The zero-order valence-corrected chi connectivity index (χ0v) is 21.8. The molecule has 1 aromatic heterocycles. The highest BCUT2D eigenvalue weighted by molar-refractivity contribution is 6.17. The number of rotatable bonds is 5. The summed E-state index contributed by atoms with van der Waals surface area (Å²) in [7, 11) is 0. The van der Waals surface area contributed by atoms with Gasteiger partial charge in [-0.1, -0.05) is 90.5 Å². The number of hydrogen-bond acceptors (Lipinski definition) is 2. The molecule has 6 aromatic carbocycles. The van der Waals surface area contributed by atoms with Crippen molar-refractivity contribution >= 4 is 49.6 Å². The third kappa shape index (κ3) is 3.87. The second kappa shape index (κ2) is 9.46. The molecule has 3 nitrogen and oxygen atoms in total. The zero-order chi connectivity index (χ0) is 26.3. The summed E-state index contributed by atoms with van der Waals surface area (Å²) in [5, 5.41) is 14.5. The molecule has 0 unspecified atom stereocenters. The fraction of sp³-hybridized carbons (Fsp3) is 0.0556. The quantitative estimate of drug-likeness (QED) is 0.253. The van der Waals surface area contributed by atoms with E-state index >= 15 is 0 Å². The summed E-state index contributed by atoms with van der Waals surface area (Å²) in [6.45, 7) is 2.14. The van der Waals surface area contributed by atoms with E-state index in [1.165, 1.54) is 38.3 Å². The van der Waals surface area contributed by atoms with E-state index in [0.717, 1.165) is 28.1 Å². The topological polar surface area (TPSA) is 28.4 Å². The molecule has 0 saturated heterocycles. The van der Waals surface area contributed by atoms with Crippen molar-refractivity contribution in [1.82, 2.24) is 4.57 Å². The summed E-state index contributed by atoms with van der Waals surface area (Å²) >= 11 is 0. The molecular formula is C36H28N2O. The van der Waals surface area contributed by atoms with Crippen LogP contribution in [0.5, 0.6) is 0 Å². The summed E-state index contributed by atoms with van der Waals surface area (Å²) < 4.78 is 2.40. The van der Waals surface area contributed by atoms with Crippen LogP contribution in [0.4, 0.5) is 17.1 Å². The van der Waals surface area contributed by atoms with E-state index in [4.69, 9.17) is 0 Å². The Morgan fingerprint density at radius 2 is 1.21 bits per heavy atom. The van der Waals surface area contributed by atoms with E-state index in [1.807, 2.05) is 12.1 Å². The maximum atomic E-state index is 9.66. The number of aliphatic hydroxyl groups excluding tert-OH is 1. The van der Waals surface area contributed by atoms with Crippen LogP contribution in [0, 0.1) is 6.92 Å². The molecule has 0 saturated carbocycles. The summed E-state index contributed by atoms with van der Waals surface area (Å²) in [6.07, 6.45) is 0. The molecule has 0 aliphatic carbocycles. The second-order valence-electron chi connectivity index (χ2n) is 10.0. The van der Waals surface area contributed by atoms with Gasteiger partial charge in [-0.3, -0.25) is 0 Å². The lowest BCUT2D eigenvalue weighted by atomic mass is 10.1. The molecule has 3 heteroatoms. The third-order valence-corrected chi connectivity index (χ3v) is 7.59. The van der Waals surface area contributed by atoms with Gasteiger partial charge in [0.05, 0.1) is 29.0 Å². The molecule has 188 valence electrons. The first-order chi connectivity index (χ1) is 19.2. The Morgan fingerprint density at radius 3 is 1.97 bits per heavy atom. The van der Waals surface area contributed by atoms with Crippen LogP contribution in [0.1, 0.15) is 11.1 Å². The van der Waals surface area contributed by atoms with E-state index in [9.17, 15) is 5.11 Å². The van der Waals surface area contributed by atoms with Gasteiger partial charge in [0.15, 0.2) is 0 Å². The smallest absolute Gasteiger partial charge is 0.0681 e. The monoisotopic (exact) mass is 504 g/mol. The zero-order valence-electron chi connectivity index (χ0n) is 21.8. The first-order valence-electron chi connectivity index (χ1n) is 13.3. The molecule has 7 rings (SSSR count). The van der Waals surface area contributed by atoms with Crippen molar-refractivity contribution in [1.29, 1.82) is 0 Å². The molecule has 0 aliphatic rings. The molecule has 39 heavy (non-hydrogen) atoms. The maximum Gasteiger partial charge on any atom is 0.0681 e. The van der Waals surface area contributed by atoms with Crippen molar-refractivity contribution in [3.8, 4) is 5.69 Å². The van der Waals surface area contributed by atoms with Gasteiger partial charge in [-0.05, 0) is 66.4 Å². The van der Waals surface area contributed by atoms with Crippen molar-refractivity contribution < 1.29 is 5.11 Å².